The van der Waals surface area contributed by atoms with Crippen molar-refractivity contribution in [2.24, 2.45) is 5.92 Å². The Balaban J connectivity index is 1.97. The van der Waals surface area contributed by atoms with Crippen LogP contribution in [0.2, 0.25) is 0 Å². The third-order valence-corrected chi connectivity index (χ3v) is 3.59. The van der Waals surface area contributed by atoms with Crippen LogP contribution >= 0.6 is 0 Å². The number of benzene rings is 1. The molecule has 1 aliphatic carbocycles. The molecule has 1 fully saturated rings. The average Bonchev–Trinajstić information content (AvgIpc) is 3.16. The minimum Gasteiger partial charge on any atom is -0.497 e. The summed E-state index contributed by atoms with van der Waals surface area (Å²) in [7, 11) is 4.53. The fourth-order valence-corrected chi connectivity index (χ4v) is 2.24. The molecule has 0 spiro atoms. The van der Waals surface area contributed by atoms with E-state index < -0.39 is 0 Å². The predicted molar refractivity (Wildman–Crippen MR) is 68.2 cm³/mol. The van der Waals surface area contributed by atoms with Gasteiger partial charge in [-0.1, -0.05) is 6.07 Å². The molecule has 0 aliphatic heterocycles. The molecule has 1 saturated carbocycles. The molecule has 0 bridgehead atoms. The number of ether oxygens (including phenoxy) is 1. The molecule has 4 nitrogen and oxygen atoms in total. The fraction of sp³-hybridized carbons (Fsp3) is 0.500. The molecule has 1 aliphatic rings. The molecule has 2 atom stereocenters. The lowest BCUT2D eigenvalue weighted by Crippen LogP contribution is -2.25. The van der Waals surface area contributed by atoms with E-state index in [2.05, 4.69) is 0 Å². The van der Waals surface area contributed by atoms with Crippen LogP contribution in [0.4, 0.5) is 4.39 Å². The monoisotopic (exact) mass is 267 g/mol. The second-order valence-corrected chi connectivity index (χ2v) is 4.77. The van der Waals surface area contributed by atoms with Crippen molar-refractivity contribution in [3.05, 3.63) is 29.6 Å². The van der Waals surface area contributed by atoms with Gasteiger partial charge in [0.05, 0.1) is 14.2 Å². The Morgan fingerprint density at radius 1 is 1.47 bits per heavy atom. The van der Waals surface area contributed by atoms with Crippen molar-refractivity contribution in [3.63, 3.8) is 0 Å². The Kier molecular flexibility index (Phi) is 4.04. The maximum atomic E-state index is 13.9. The summed E-state index contributed by atoms with van der Waals surface area (Å²) in [4.78, 5) is 16.5. The summed E-state index contributed by atoms with van der Waals surface area (Å²) >= 11 is 0. The molecule has 0 aromatic heterocycles. The van der Waals surface area contributed by atoms with Crippen molar-refractivity contribution in [2.75, 3.05) is 21.3 Å². The Bertz CT molecular complexity index is 478. The number of rotatable bonds is 5. The van der Waals surface area contributed by atoms with Gasteiger partial charge in [0, 0.05) is 19.5 Å². The zero-order valence-corrected chi connectivity index (χ0v) is 11.4. The molecule has 19 heavy (non-hydrogen) atoms. The molecule has 0 saturated heterocycles. The van der Waals surface area contributed by atoms with Gasteiger partial charge in [0.1, 0.15) is 11.6 Å². The highest BCUT2D eigenvalue weighted by Crippen LogP contribution is 2.50. The van der Waals surface area contributed by atoms with Crippen LogP contribution in [-0.2, 0) is 9.63 Å². The molecule has 104 valence electrons. The molecule has 0 heterocycles. The number of halogens is 1. The minimum atomic E-state index is -0.264. The van der Waals surface area contributed by atoms with Crippen molar-refractivity contribution >= 4 is 5.91 Å². The molecular weight excluding hydrogens is 249 g/mol. The van der Waals surface area contributed by atoms with Crippen molar-refractivity contribution in [1.29, 1.82) is 0 Å². The Hall–Kier alpha value is -1.62. The molecule has 0 N–H and O–H groups in total. The summed E-state index contributed by atoms with van der Waals surface area (Å²) in [6.07, 6.45) is 1.23. The van der Waals surface area contributed by atoms with Crippen molar-refractivity contribution in [2.45, 2.75) is 18.8 Å². The first kappa shape index (κ1) is 13.8. The zero-order valence-electron chi connectivity index (χ0n) is 11.4. The first-order valence-corrected chi connectivity index (χ1v) is 6.21. The van der Waals surface area contributed by atoms with Crippen LogP contribution in [0.5, 0.6) is 5.75 Å². The van der Waals surface area contributed by atoms with Gasteiger partial charge >= 0.3 is 0 Å². The van der Waals surface area contributed by atoms with Gasteiger partial charge in [0.15, 0.2) is 0 Å². The van der Waals surface area contributed by atoms with Gasteiger partial charge in [-0.25, -0.2) is 9.45 Å². The van der Waals surface area contributed by atoms with Crippen LogP contribution in [0, 0.1) is 11.7 Å². The Morgan fingerprint density at radius 3 is 2.79 bits per heavy atom. The molecule has 1 aromatic carbocycles. The number of hydroxylamine groups is 2. The lowest BCUT2D eigenvalue weighted by atomic mass is 10.1. The van der Waals surface area contributed by atoms with Crippen molar-refractivity contribution in [3.8, 4) is 5.75 Å². The third kappa shape index (κ3) is 3.04. The van der Waals surface area contributed by atoms with Crippen LogP contribution in [0.15, 0.2) is 18.2 Å². The van der Waals surface area contributed by atoms with Crippen molar-refractivity contribution in [1.82, 2.24) is 5.06 Å². The minimum absolute atomic E-state index is 0.0797. The highest BCUT2D eigenvalue weighted by atomic mass is 19.1. The number of hydrogen-bond donors (Lipinski definition) is 0. The molecule has 5 heteroatoms. The van der Waals surface area contributed by atoms with E-state index in [-0.39, 0.29) is 23.6 Å². The Labute approximate surface area is 112 Å². The highest BCUT2D eigenvalue weighted by molar-refractivity contribution is 5.75. The summed E-state index contributed by atoms with van der Waals surface area (Å²) in [6, 6.07) is 4.87. The number of amides is 1. The number of hydrogen-bond acceptors (Lipinski definition) is 3. The van der Waals surface area contributed by atoms with Crippen molar-refractivity contribution < 1.29 is 18.8 Å². The van der Waals surface area contributed by atoms with E-state index in [0.29, 0.717) is 17.7 Å². The fourth-order valence-electron chi connectivity index (χ4n) is 2.24. The van der Waals surface area contributed by atoms with Gasteiger partial charge in [0.2, 0.25) is 5.91 Å². The molecular formula is C14H18FNO3. The zero-order chi connectivity index (χ0) is 14.0. The number of nitrogens with zero attached hydrogens (tertiary/aromatic N) is 1. The van der Waals surface area contributed by atoms with Gasteiger partial charge in [-0.15, -0.1) is 0 Å². The van der Waals surface area contributed by atoms with Gasteiger partial charge in [0.25, 0.3) is 0 Å². The molecule has 2 unspecified atom stereocenters. The van der Waals surface area contributed by atoms with E-state index in [4.69, 9.17) is 9.57 Å². The molecule has 1 aromatic rings. The first-order chi connectivity index (χ1) is 9.06. The summed E-state index contributed by atoms with van der Waals surface area (Å²) in [5.74, 6) is 0.491. The van der Waals surface area contributed by atoms with Crippen LogP contribution < -0.4 is 4.74 Å². The normalized spacial score (nSPS) is 21.1. The summed E-state index contributed by atoms with van der Waals surface area (Å²) in [6.45, 7) is 0. The lowest BCUT2D eigenvalue weighted by Gasteiger charge is -2.13. The second-order valence-electron chi connectivity index (χ2n) is 4.77. The van der Waals surface area contributed by atoms with E-state index >= 15 is 0 Å². The van der Waals surface area contributed by atoms with Gasteiger partial charge < -0.3 is 4.74 Å². The van der Waals surface area contributed by atoms with E-state index in [1.54, 1.807) is 19.2 Å². The Morgan fingerprint density at radius 2 is 2.21 bits per heavy atom. The third-order valence-electron chi connectivity index (χ3n) is 3.59. The van der Waals surface area contributed by atoms with E-state index in [0.717, 1.165) is 6.42 Å². The summed E-state index contributed by atoms with van der Waals surface area (Å²) in [5.41, 5.74) is 0.665. The van der Waals surface area contributed by atoms with E-state index in [1.165, 1.54) is 25.3 Å². The quantitative estimate of drug-likeness (QED) is 0.769. The number of carbonyl (C=O) groups excluding carboxylic acids is 1. The maximum Gasteiger partial charge on any atom is 0.246 e. The number of carbonyl (C=O) groups is 1. The second kappa shape index (κ2) is 5.57. The van der Waals surface area contributed by atoms with E-state index in [9.17, 15) is 9.18 Å². The van der Waals surface area contributed by atoms with E-state index in [1.807, 2.05) is 0 Å². The van der Waals surface area contributed by atoms with Crippen LogP contribution in [-0.4, -0.2) is 32.2 Å². The largest absolute Gasteiger partial charge is 0.497 e. The topological polar surface area (TPSA) is 38.8 Å². The van der Waals surface area contributed by atoms with Crippen LogP contribution in [0.25, 0.3) is 0 Å². The highest BCUT2D eigenvalue weighted by Gasteiger charge is 2.41. The smallest absolute Gasteiger partial charge is 0.246 e. The summed E-state index contributed by atoms with van der Waals surface area (Å²) in [5, 5.41) is 1.21. The lowest BCUT2D eigenvalue weighted by molar-refractivity contribution is -0.169. The first-order valence-electron chi connectivity index (χ1n) is 6.21. The molecule has 2 rings (SSSR count). The summed E-state index contributed by atoms with van der Waals surface area (Å²) < 4.78 is 18.8. The van der Waals surface area contributed by atoms with Crippen LogP contribution in [0.1, 0.15) is 24.3 Å². The maximum absolute atomic E-state index is 13.9. The average molecular weight is 267 g/mol. The molecule has 0 radical (unpaired) electrons. The standard InChI is InChI=1S/C14H18FNO3/c1-16(19-3)14(17)7-9-6-12(9)11-5-4-10(18-2)8-13(11)15/h4-5,8-9,12H,6-7H2,1-3H3. The van der Waals surface area contributed by atoms with Crippen LogP contribution in [0.3, 0.4) is 0 Å². The SMILES string of the molecule is COc1ccc(C2CC2CC(=O)N(C)OC)c(F)c1. The predicted octanol–water partition coefficient (Wildman–Crippen LogP) is 2.35. The molecule has 1 amide bonds. The van der Waals surface area contributed by atoms with Gasteiger partial charge in [-0.05, 0) is 29.9 Å². The van der Waals surface area contributed by atoms with Gasteiger partial charge in [-0.2, -0.15) is 0 Å². The van der Waals surface area contributed by atoms with Gasteiger partial charge in [-0.3, -0.25) is 9.63 Å². The number of methoxy groups -OCH3 is 1.